The molecule has 32 heavy (non-hydrogen) atoms. The molecule has 8 heteroatoms. The summed E-state index contributed by atoms with van der Waals surface area (Å²) in [7, 11) is 1.32. The molecule has 0 spiro atoms. The molecule has 7 nitrogen and oxygen atoms in total. The Morgan fingerprint density at radius 1 is 1.16 bits per heavy atom. The Balaban J connectivity index is 1.80. The molecule has 0 aliphatic heterocycles. The van der Waals surface area contributed by atoms with Gasteiger partial charge in [0.1, 0.15) is 10.8 Å². The average Bonchev–Trinajstić information content (AvgIpc) is 2.77. The third-order valence-corrected chi connectivity index (χ3v) is 5.25. The first-order chi connectivity index (χ1) is 15.3. The van der Waals surface area contributed by atoms with Crippen LogP contribution in [0.5, 0.6) is 0 Å². The smallest absolute Gasteiger partial charge is 0.332 e. The lowest BCUT2D eigenvalue weighted by Gasteiger charge is -2.13. The highest BCUT2D eigenvalue weighted by molar-refractivity contribution is 6.32. The Morgan fingerprint density at radius 3 is 2.56 bits per heavy atom. The lowest BCUT2D eigenvalue weighted by molar-refractivity contribution is -0.116. The van der Waals surface area contributed by atoms with Gasteiger partial charge in [-0.1, -0.05) is 59.3 Å². The zero-order chi connectivity index (χ0) is 23.3. The van der Waals surface area contributed by atoms with Gasteiger partial charge >= 0.3 is 5.69 Å². The predicted octanol–water partition coefficient (Wildman–Crippen LogP) is 2.71. The molecular formula is C24H23ClN4O3. The number of hydrogen-bond donors (Lipinski definition) is 2. The Morgan fingerprint density at radius 2 is 1.88 bits per heavy atom. The molecule has 0 bridgehead atoms. The first kappa shape index (κ1) is 22.9. The van der Waals surface area contributed by atoms with Crippen molar-refractivity contribution < 1.29 is 4.79 Å². The number of nitrogens with one attached hydrogen (secondary N) is 1. The van der Waals surface area contributed by atoms with Crippen LogP contribution < -0.4 is 22.3 Å². The van der Waals surface area contributed by atoms with Crippen molar-refractivity contribution in [1.82, 2.24) is 9.13 Å². The average molecular weight is 451 g/mol. The third-order valence-electron chi connectivity index (χ3n) is 4.86. The number of rotatable bonds is 5. The first-order valence-electron chi connectivity index (χ1n) is 9.95. The van der Waals surface area contributed by atoms with E-state index in [9.17, 15) is 14.4 Å². The number of nitrogens with two attached hydrogens (primary N) is 1. The molecule has 0 saturated heterocycles. The highest BCUT2D eigenvalue weighted by Gasteiger charge is 2.17. The fraction of sp³-hybridized carbons (Fsp3) is 0.208. The van der Waals surface area contributed by atoms with Crippen molar-refractivity contribution in [3.8, 4) is 11.8 Å². The van der Waals surface area contributed by atoms with Crippen molar-refractivity contribution in [3.63, 3.8) is 0 Å². The highest BCUT2D eigenvalue weighted by Crippen LogP contribution is 2.16. The van der Waals surface area contributed by atoms with Gasteiger partial charge in [0, 0.05) is 24.7 Å². The number of halogens is 1. The number of aromatic nitrogens is 2. The second-order valence-corrected chi connectivity index (χ2v) is 7.72. The Hall–Kier alpha value is -3.76. The maximum atomic E-state index is 12.5. The summed E-state index contributed by atoms with van der Waals surface area (Å²) in [6.45, 7) is 1.93. The number of aryl methyl sites for hydroxylation is 2. The van der Waals surface area contributed by atoms with Crippen LogP contribution in [0.1, 0.15) is 23.1 Å². The van der Waals surface area contributed by atoms with Crippen LogP contribution in [-0.4, -0.2) is 15.0 Å². The molecule has 0 aliphatic rings. The monoisotopic (exact) mass is 450 g/mol. The maximum absolute atomic E-state index is 12.5. The summed E-state index contributed by atoms with van der Waals surface area (Å²) in [5.74, 6) is 5.38. The lowest BCUT2D eigenvalue weighted by atomic mass is 10.1. The van der Waals surface area contributed by atoms with Crippen molar-refractivity contribution >= 4 is 28.9 Å². The number of nitrogens with zero attached hydrogens (tertiary/aromatic N) is 2. The van der Waals surface area contributed by atoms with E-state index in [-0.39, 0.29) is 29.7 Å². The van der Waals surface area contributed by atoms with Crippen LogP contribution in [0.3, 0.4) is 0 Å². The van der Waals surface area contributed by atoms with Crippen LogP contribution in [0.25, 0.3) is 0 Å². The number of anilines is 2. The van der Waals surface area contributed by atoms with E-state index in [1.54, 1.807) is 24.3 Å². The predicted molar refractivity (Wildman–Crippen MR) is 127 cm³/mol. The van der Waals surface area contributed by atoms with Gasteiger partial charge in [0.25, 0.3) is 5.56 Å². The van der Waals surface area contributed by atoms with Crippen LogP contribution in [0.15, 0.2) is 58.1 Å². The minimum Gasteiger partial charge on any atom is -0.399 e. The van der Waals surface area contributed by atoms with Crippen molar-refractivity contribution in [2.75, 3.05) is 11.1 Å². The summed E-state index contributed by atoms with van der Waals surface area (Å²) < 4.78 is 2.03. The lowest BCUT2D eigenvalue weighted by Crippen LogP contribution is -2.40. The Bertz CT molecular complexity index is 1330. The minimum atomic E-state index is -0.677. The molecule has 164 valence electrons. The number of carbonyl (C=O) groups is 1. The molecule has 3 rings (SSSR count). The summed E-state index contributed by atoms with van der Waals surface area (Å²) in [6, 6.07) is 14.9. The van der Waals surface area contributed by atoms with Gasteiger partial charge in [-0.25, -0.2) is 4.79 Å². The highest BCUT2D eigenvalue weighted by atomic mass is 35.5. The zero-order valence-corrected chi connectivity index (χ0v) is 18.6. The van der Waals surface area contributed by atoms with E-state index < -0.39 is 11.2 Å². The quantitative estimate of drug-likeness (QED) is 0.354. The van der Waals surface area contributed by atoms with Gasteiger partial charge < -0.3 is 11.1 Å². The van der Waals surface area contributed by atoms with Crippen molar-refractivity contribution in [2.45, 2.75) is 26.3 Å². The zero-order valence-electron chi connectivity index (χ0n) is 17.8. The van der Waals surface area contributed by atoms with Gasteiger partial charge in [-0.3, -0.25) is 18.7 Å². The molecule has 0 saturated carbocycles. The molecule has 0 radical (unpaired) electrons. The van der Waals surface area contributed by atoms with E-state index in [0.29, 0.717) is 17.7 Å². The summed E-state index contributed by atoms with van der Waals surface area (Å²) >= 11 is 6.32. The van der Waals surface area contributed by atoms with Gasteiger partial charge in [-0.15, -0.1) is 0 Å². The van der Waals surface area contributed by atoms with E-state index >= 15 is 0 Å². The van der Waals surface area contributed by atoms with E-state index in [1.165, 1.54) is 7.05 Å². The van der Waals surface area contributed by atoms with Crippen molar-refractivity contribution in [2.24, 2.45) is 7.05 Å². The molecule has 3 N–H and O–H groups in total. The molecule has 0 fully saturated rings. The molecule has 0 atom stereocenters. The second-order valence-electron chi connectivity index (χ2n) is 7.36. The van der Waals surface area contributed by atoms with Crippen molar-refractivity contribution in [1.29, 1.82) is 0 Å². The minimum absolute atomic E-state index is 0.0627. The maximum Gasteiger partial charge on any atom is 0.332 e. The fourth-order valence-corrected chi connectivity index (χ4v) is 3.30. The Kier molecular flexibility index (Phi) is 7.18. The van der Waals surface area contributed by atoms with Crippen LogP contribution in [-0.2, 0) is 24.8 Å². The number of benzene rings is 2. The summed E-state index contributed by atoms with van der Waals surface area (Å²) in [4.78, 5) is 37.5. The molecular weight excluding hydrogens is 428 g/mol. The number of amides is 1. The van der Waals surface area contributed by atoms with Crippen LogP contribution in [0.4, 0.5) is 11.4 Å². The molecule has 0 unspecified atom stereocenters. The second kappa shape index (κ2) is 10.0. The van der Waals surface area contributed by atoms with Crippen LogP contribution in [0, 0.1) is 18.8 Å². The van der Waals surface area contributed by atoms with Gasteiger partial charge in [0.05, 0.1) is 6.54 Å². The molecule has 2 aromatic carbocycles. The summed E-state index contributed by atoms with van der Waals surface area (Å²) in [5, 5.41) is 2.39. The molecule has 1 heterocycles. The SMILES string of the molecule is Cc1ccc(CCC(=O)Nc2c(Cl)n(CC#Cc3cccc(N)c3)c(=O)n(C)c2=O)cc1. The number of nitrogen functional groups attached to an aromatic ring is 1. The van der Waals surface area contributed by atoms with E-state index in [0.717, 1.165) is 20.3 Å². The molecule has 0 aliphatic carbocycles. The van der Waals surface area contributed by atoms with Crippen LogP contribution in [0.2, 0.25) is 5.15 Å². The fourth-order valence-electron chi connectivity index (χ4n) is 3.04. The van der Waals surface area contributed by atoms with Gasteiger partial charge in [0.2, 0.25) is 5.91 Å². The summed E-state index contributed by atoms with van der Waals surface area (Å²) in [5.41, 5.74) is 7.69. The number of hydrogen-bond acceptors (Lipinski definition) is 4. The van der Waals surface area contributed by atoms with Gasteiger partial charge in [-0.2, -0.15) is 0 Å². The van der Waals surface area contributed by atoms with E-state index in [1.807, 2.05) is 31.2 Å². The van der Waals surface area contributed by atoms with E-state index in [4.69, 9.17) is 17.3 Å². The van der Waals surface area contributed by atoms with E-state index in [2.05, 4.69) is 17.2 Å². The first-order valence-corrected chi connectivity index (χ1v) is 10.3. The number of carbonyl (C=O) groups excluding carboxylic acids is 1. The van der Waals surface area contributed by atoms with Crippen molar-refractivity contribution in [3.05, 3.63) is 91.2 Å². The normalized spacial score (nSPS) is 10.3. The largest absolute Gasteiger partial charge is 0.399 e. The molecule has 3 aromatic rings. The standard InChI is InChI=1S/C24H23ClN4O3/c1-16-8-10-17(11-9-16)12-13-20(30)27-21-22(25)29(24(32)28(2)23(21)31)14-4-6-18-5-3-7-19(26)15-18/h3,5,7-11,15H,12-14,26H2,1-2H3,(H,27,30). The van der Waals surface area contributed by atoms with Crippen LogP contribution >= 0.6 is 11.6 Å². The molecule has 1 amide bonds. The summed E-state index contributed by atoms with van der Waals surface area (Å²) in [6.07, 6.45) is 0.673. The van der Waals surface area contributed by atoms with Gasteiger partial charge in [0.15, 0.2) is 0 Å². The topological polar surface area (TPSA) is 99.1 Å². The van der Waals surface area contributed by atoms with Gasteiger partial charge in [-0.05, 0) is 37.1 Å². The Labute approximate surface area is 190 Å². The molecule has 1 aromatic heterocycles. The third kappa shape index (κ3) is 5.48.